The Labute approximate surface area is 188 Å². The van der Waals surface area contributed by atoms with E-state index >= 15 is 0 Å². The Hall–Kier alpha value is -1.83. The molecule has 1 aromatic carbocycles. The Morgan fingerprint density at radius 2 is 2.07 bits per heavy atom. The molecular weight excluding hydrogens is 418 g/mol. The van der Waals surface area contributed by atoms with Crippen molar-refractivity contribution in [1.82, 2.24) is 25.0 Å². The molecule has 1 fully saturated rings. The maximum absolute atomic E-state index is 12.5. The van der Waals surface area contributed by atoms with Gasteiger partial charge in [0.25, 0.3) is 0 Å². The molecule has 6 nitrogen and oxygen atoms in total. The first-order chi connectivity index (χ1) is 14.6. The fourth-order valence-electron chi connectivity index (χ4n) is 3.68. The smallest absolute Gasteiger partial charge is 0.230 e. The molecule has 1 saturated heterocycles. The maximum atomic E-state index is 12.5. The largest absolute Gasteiger partial charge is 0.349 e. The minimum absolute atomic E-state index is 0.0598. The topological polar surface area (TPSA) is 63.1 Å². The number of benzene rings is 1. The van der Waals surface area contributed by atoms with Gasteiger partial charge in [-0.1, -0.05) is 54.1 Å². The van der Waals surface area contributed by atoms with Crippen molar-refractivity contribution in [2.24, 2.45) is 0 Å². The summed E-state index contributed by atoms with van der Waals surface area (Å²) in [6.45, 7) is 9.76. The highest BCUT2D eigenvalue weighted by Crippen LogP contribution is 2.23. The molecule has 2 heterocycles. The summed E-state index contributed by atoms with van der Waals surface area (Å²) >= 11 is 7.63. The first-order valence-corrected chi connectivity index (χ1v) is 11.9. The molecule has 0 radical (unpaired) electrons. The normalized spacial score (nSPS) is 15.7. The molecule has 8 heteroatoms. The van der Waals surface area contributed by atoms with Crippen LogP contribution in [0.4, 0.5) is 0 Å². The summed E-state index contributed by atoms with van der Waals surface area (Å²) in [5.74, 6) is 1.17. The molecule has 3 rings (SSSR count). The number of piperidine rings is 1. The first-order valence-electron chi connectivity index (χ1n) is 10.5. The van der Waals surface area contributed by atoms with Gasteiger partial charge in [-0.15, -0.1) is 16.8 Å². The monoisotopic (exact) mass is 447 g/mol. The van der Waals surface area contributed by atoms with E-state index in [4.69, 9.17) is 11.6 Å². The van der Waals surface area contributed by atoms with Gasteiger partial charge in [-0.05, 0) is 44.5 Å². The minimum atomic E-state index is -0.155. The van der Waals surface area contributed by atoms with Crippen molar-refractivity contribution in [3.8, 4) is 0 Å². The lowest BCUT2D eigenvalue weighted by Crippen LogP contribution is -2.32. The van der Waals surface area contributed by atoms with Gasteiger partial charge >= 0.3 is 0 Å². The van der Waals surface area contributed by atoms with Crippen LogP contribution in [0.3, 0.4) is 0 Å². The van der Waals surface area contributed by atoms with E-state index in [0.717, 1.165) is 29.5 Å². The zero-order valence-corrected chi connectivity index (χ0v) is 19.1. The molecule has 0 bridgehead atoms. The van der Waals surface area contributed by atoms with E-state index in [2.05, 4.69) is 31.6 Å². The van der Waals surface area contributed by atoms with E-state index in [9.17, 15) is 4.79 Å². The number of nitrogens with zero attached hydrogens (tertiary/aromatic N) is 4. The number of carbonyl (C=O) groups excluding carboxylic acids is 1. The number of halogens is 1. The molecule has 30 heavy (non-hydrogen) atoms. The lowest BCUT2D eigenvalue weighted by Gasteiger charge is -2.26. The number of hydrogen-bond donors (Lipinski definition) is 1. The Morgan fingerprint density at radius 1 is 1.30 bits per heavy atom. The second-order valence-electron chi connectivity index (χ2n) is 7.55. The van der Waals surface area contributed by atoms with Crippen molar-refractivity contribution in [2.75, 3.05) is 25.4 Å². The summed E-state index contributed by atoms with van der Waals surface area (Å²) in [5.41, 5.74) is 0.910. The average Bonchev–Trinajstić information content (AvgIpc) is 3.13. The van der Waals surface area contributed by atoms with Crippen LogP contribution >= 0.6 is 23.4 Å². The van der Waals surface area contributed by atoms with E-state index in [1.165, 1.54) is 44.1 Å². The van der Waals surface area contributed by atoms with Crippen molar-refractivity contribution in [1.29, 1.82) is 0 Å². The third-order valence-corrected chi connectivity index (χ3v) is 6.60. The van der Waals surface area contributed by atoms with Crippen LogP contribution in [0.25, 0.3) is 0 Å². The highest BCUT2D eigenvalue weighted by molar-refractivity contribution is 7.99. The standard InChI is InChI=1S/C22H30ClN5OS/c1-3-12-28-20(11-15-27-13-7-4-8-14-27)25-26-22(28)30-16-21(29)24-17(2)18-9-5-6-10-19(18)23/h3,5-6,9-10,17H,1,4,7-8,11-16H2,2H3,(H,24,29)/t17-/m1/s1. The first kappa shape index (κ1) is 22.8. The quantitative estimate of drug-likeness (QED) is 0.438. The van der Waals surface area contributed by atoms with Gasteiger partial charge in [0, 0.05) is 24.5 Å². The van der Waals surface area contributed by atoms with Crippen LogP contribution < -0.4 is 5.32 Å². The number of likely N-dealkylation sites (tertiary alicyclic amines) is 1. The van der Waals surface area contributed by atoms with Gasteiger partial charge in [0.05, 0.1) is 11.8 Å². The predicted molar refractivity (Wildman–Crippen MR) is 123 cm³/mol. The molecule has 0 saturated carbocycles. The Balaban J connectivity index is 1.55. The Bertz CT molecular complexity index is 850. The van der Waals surface area contributed by atoms with E-state index in [1.54, 1.807) is 0 Å². The average molecular weight is 448 g/mol. The molecule has 1 aromatic heterocycles. The van der Waals surface area contributed by atoms with Gasteiger partial charge < -0.3 is 14.8 Å². The van der Waals surface area contributed by atoms with Crippen LogP contribution in [0.5, 0.6) is 0 Å². The lowest BCUT2D eigenvalue weighted by atomic mass is 10.1. The number of carbonyl (C=O) groups is 1. The molecule has 1 aliphatic rings. The van der Waals surface area contributed by atoms with Crippen molar-refractivity contribution in [3.05, 3.63) is 53.3 Å². The second-order valence-corrected chi connectivity index (χ2v) is 8.90. The molecule has 0 unspecified atom stereocenters. The SMILES string of the molecule is C=CCn1c(CCN2CCCCC2)nnc1SCC(=O)N[C@H](C)c1ccccc1Cl. The fraction of sp³-hybridized carbons (Fsp3) is 0.500. The van der Waals surface area contributed by atoms with Gasteiger partial charge in [-0.3, -0.25) is 4.79 Å². The lowest BCUT2D eigenvalue weighted by molar-refractivity contribution is -0.119. The maximum Gasteiger partial charge on any atom is 0.230 e. The Morgan fingerprint density at radius 3 is 2.80 bits per heavy atom. The van der Waals surface area contributed by atoms with Gasteiger partial charge in [-0.2, -0.15) is 0 Å². The molecule has 1 atom stereocenters. The second kappa shape index (κ2) is 11.5. The van der Waals surface area contributed by atoms with Crippen LogP contribution in [0.2, 0.25) is 5.02 Å². The summed E-state index contributed by atoms with van der Waals surface area (Å²) in [6, 6.07) is 7.40. The van der Waals surface area contributed by atoms with Crippen LogP contribution in [0.1, 0.15) is 43.6 Å². The number of thioether (sulfide) groups is 1. The van der Waals surface area contributed by atoms with Gasteiger partial charge in [0.2, 0.25) is 5.91 Å². The molecule has 1 N–H and O–H groups in total. The predicted octanol–water partition coefficient (Wildman–Crippen LogP) is 4.12. The summed E-state index contributed by atoms with van der Waals surface area (Å²) in [5, 5.41) is 13.1. The minimum Gasteiger partial charge on any atom is -0.349 e. The van der Waals surface area contributed by atoms with Crippen LogP contribution in [-0.4, -0.2) is 51.0 Å². The van der Waals surface area contributed by atoms with E-state index in [1.807, 2.05) is 37.3 Å². The third-order valence-electron chi connectivity index (χ3n) is 5.29. The molecule has 0 spiro atoms. The van der Waals surface area contributed by atoms with E-state index < -0.39 is 0 Å². The van der Waals surface area contributed by atoms with E-state index in [0.29, 0.717) is 11.6 Å². The van der Waals surface area contributed by atoms with Crippen molar-refractivity contribution < 1.29 is 4.79 Å². The summed E-state index contributed by atoms with van der Waals surface area (Å²) in [7, 11) is 0. The highest BCUT2D eigenvalue weighted by atomic mass is 35.5. The number of nitrogens with one attached hydrogen (secondary N) is 1. The van der Waals surface area contributed by atoms with Gasteiger partial charge in [0.1, 0.15) is 5.82 Å². The van der Waals surface area contributed by atoms with Gasteiger partial charge in [0.15, 0.2) is 5.16 Å². The van der Waals surface area contributed by atoms with Gasteiger partial charge in [-0.25, -0.2) is 0 Å². The van der Waals surface area contributed by atoms with Crippen molar-refractivity contribution >= 4 is 29.3 Å². The van der Waals surface area contributed by atoms with Crippen LogP contribution in [0, 0.1) is 0 Å². The zero-order valence-electron chi connectivity index (χ0n) is 17.5. The van der Waals surface area contributed by atoms with E-state index in [-0.39, 0.29) is 17.7 Å². The molecular formula is C22H30ClN5OS. The highest BCUT2D eigenvalue weighted by Gasteiger charge is 2.17. The zero-order chi connectivity index (χ0) is 21.3. The molecule has 1 amide bonds. The third kappa shape index (κ3) is 6.33. The van der Waals surface area contributed by atoms with Crippen molar-refractivity contribution in [3.63, 3.8) is 0 Å². The number of aromatic nitrogens is 3. The molecule has 162 valence electrons. The molecule has 2 aromatic rings. The molecule has 0 aliphatic carbocycles. The number of rotatable bonds is 10. The van der Waals surface area contributed by atoms with Crippen LogP contribution in [0.15, 0.2) is 42.1 Å². The Kier molecular flexibility index (Phi) is 8.78. The van der Waals surface area contributed by atoms with Crippen molar-refractivity contribution in [2.45, 2.75) is 50.4 Å². The number of hydrogen-bond acceptors (Lipinski definition) is 5. The van der Waals surface area contributed by atoms with Crippen LogP contribution in [-0.2, 0) is 17.8 Å². The number of amides is 1. The summed E-state index contributed by atoms with van der Waals surface area (Å²) in [6.07, 6.45) is 6.60. The summed E-state index contributed by atoms with van der Waals surface area (Å²) < 4.78 is 2.06. The number of allylic oxidation sites excluding steroid dienone is 1. The summed E-state index contributed by atoms with van der Waals surface area (Å²) in [4.78, 5) is 15.0. The molecule has 1 aliphatic heterocycles. The fourth-order valence-corrected chi connectivity index (χ4v) is 4.76.